The number of hydrogen-bond acceptors (Lipinski definition) is 16. The highest BCUT2D eigenvalue weighted by molar-refractivity contribution is 8.18. The molecule has 19 heteroatoms. The van der Waals surface area contributed by atoms with Crippen molar-refractivity contribution in [3.63, 3.8) is 0 Å². The van der Waals surface area contributed by atoms with Crippen LogP contribution in [0.3, 0.4) is 0 Å². The topological polar surface area (TPSA) is 174 Å². The number of ether oxygens (including phenoxy) is 2. The van der Waals surface area contributed by atoms with Gasteiger partial charge in [-0.2, -0.15) is 0 Å². The van der Waals surface area contributed by atoms with Crippen molar-refractivity contribution < 1.29 is 33.5 Å². The van der Waals surface area contributed by atoms with Crippen molar-refractivity contribution in [2.24, 2.45) is 5.16 Å². The number of hydrogen-bond donors (Lipinski definition) is 2. The monoisotopic (exact) mass is 1060 g/mol. The molecule has 2 aliphatic heterocycles. The molecule has 0 radical (unpaired) electrons. The van der Waals surface area contributed by atoms with Gasteiger partial charge >= 0.3 is 12.1 Å². The largest absolute Gasteiger partial charge is 0.451 e. The van der Waals surface area contributed by atoms with Gasteiger partial charge in [0.2, 0.25) is 11.5 Å². The van der Waals surface area contributed by atoms with E-state index in [1.165, 1.54) is 46.6 Å². The molecule has 2 unspecified atom stereocenters. The van der Waals surface area contributed by atoms with Gasteiger partial charge in [-0.15, -0.1) is 45.1 Å². The quantitative estimate of drug-likeness (QED) is 0.0168. The lowest BCUT2D eigenvalue weighted by atomic mass is 9.80. The van der Waals surface area contributed by atoms with Gasteiger partial charge in [0.15, 0.2) is 21.3 Å². The predicted molar refractivity (Wildman–Crippen MR) is 285 cm³/mol. The Labute approximate surface area is 437 Å². The van der Waals surface area contributed by atoms with Crippen LogP contribution in [0.1, 0.15) is 65.4 Å². The Balaban J connectivity index is 1.02. The second-order valence-corrected chi connectivity index (χ2v) is 23.8. The van der Waals surface area contributed by atoms with Gasteiger partial charge in [-0.25, -0.2) is 9.78 Å². The number of β-lactam (4-membered cyclic amide) rings is 1. The third-order valence-electron chi connectivity index (χ3n) is 11.6. The van der Waals surface area contributed by atoms with Crippen LogP contribution in [0.15, 0.2) is 167 Å². The normalized spacial score (nSPS) is 17.9. The SMILES string of the molecule is Cc1nnc(SCSC2(C(=O)OC(c3ccccc3)c3ccccc3)CS[C@@H]3C(NC(=O)C(=NOC(c4ccccc4)(c4ccccc4)c4ccccc4)c4csc(NC(=O)OC(C)(C)C)n4)C(=O)N3C2)s1. The van der Waals surface area contributed by atoms with Crippen LogP contribution in [0, 0.1) is 6.92 Å². The molecule has 0 bridgehead atoms. The fraction of sp³-hybridized carbons (Fsp3) is 0.245. The van der Waals surface area contributed by atoms with Gasteiger partial charge < -0.3 is 24.5 Å². The molecule has 3 amide bonds. The van der Waals surface area contributed by atoms with Crippen LogP contribution in [0.2, 0.25) is 0 Å². The van der Waals surface area contributed by atoms with Gasteiger partial charge in [-0.05, 0) is 38.8 Å². The van der Waals surface area contributed by atoms with E-state index in [9.17, 15) is 19.2 Å². The molecule has 2 aromatic heterocycles. The highest BCUT2D eigenvalue weighted by Crippen LogP contribution is 2.47. The molecule has 0 spiro atoms. The summed E-state index contributed by atoms with van der Waals surface area (Å²) in [6, 6.07) is 46.8. The van der Waals surface area contributed by atoms with Crippen molar-refractivity contribution in [3.8, 4) is 0 Å². The average molecular weight is 1060 g/mol. The number of oxime groups is 1. The van der Waals surface area contributed by atoms with Crippen molar-refractivity contribution in [1.29, 1.82) is 0 Å². The lowest BCUT2D eigenvalue weighted by Gasteiger charge is -2.53. The number of carbonyl (C=O) groups is 4. The van der Waals surface area contributed by atoms with E-state index < -0.39 is 51.4 Å². The maximum absolute atomic E-state index is 14.9. The third kappa shape index (κ3) is 11.2. The fourth-order valence-corrected chi connectivity index (χ4v) is 14.3. The lowest BCUT2D eigenvalue weighted by molar-refractivity contribution is -0.155. The second-order valence-electron chi connectivity index (χ2n) is 17.7. The van der Waals surface area contributed by atoms with Crippen LogP contribution >= 0.6 is 58.0 Å². The van der Waals surface area contributed by atoms with Crippen LogP contribution in [0.4, 0.5) is 9.93 Å². The summed E-state index contributed by atoms with van der Waals surface area (Å²) in [7, 11) is 0. The van der Waals surface area contributed by atoms with Crippen molar-refractivity contribution >= 4 is 92.7 Å². The first-order chi connectivity index (χ1) is 34.8. The molecule has 4 heterocycles. The van der Waals surface area contributed by atoms with Gasteiger partial charge in [0.1, 0.15) is 32.5 Å². The van der Waals surface area contributed by atoms with Gasteiger partial charge in [-0.3, -0.25) is 19.7 Å². The number of thioether (sulfide) groups is 3. The zero-order valence-electron chi connectivity index (χ0n) is 39.5. The Morgan fingerprint density at radius 1 is 0.819 bits per heavy atom. The van der Waals surface area contributed by atoms with Gasteiger partial charge in [0.05, 0.1) is 0 Å². The molecule has 7 aromatic rings. The Bertz CT molecular complexity index is 2900. The number of rotatable bonds is 17. The Morgan fingerprint density at radius 2 is 1.38 bits per heavy atom. The first-order valence-electron chi connectivity index (χ1n) is 22.8. The molecule has 9 rings (SSSR count). The molecule has 2 fully saturated rings. The average Bonchev–Trinajstić information content (AvgIpc) is 4.04. The fourth-order valence-electron chi connectivity index (χ4n) is 8.19. The van der Waals surface area contributed by atoms with Gasteiger partial charge in [0.25, 0.3) is 5.91 Å². The molecule has 2 saturated heterocycles. The van der Waals surface area contributed by atoms with Crippen LogP contribution < -0.4 is 10.6 Å². The maximum Gasteiger partial charge on any atom is 0.413 e. The number of anilines is 1. The highest BCUT2D eigenvalue weighted by Gasteiger charge is 2.59. The first-order valence-corrected chi connectivity index (χ1v) is 27.5. The molecular weight excluding hydrogens is 1010 g/mol. The molecule has 14 nitrogen and oxygen atoms in total. The van der Waals surface area contributed by atoms with Crippen LogP contribution in [-0.4, -0.2) is 88.8 Å². The summed E-state index contributed by atoms with van der Waals surface area (Å²) in [4.78, 5) is 70.0. The number of amides is 3. The number of aromatic nitrogens is 3. The van der Waals surface area contributed by atoms with Crippen molar-refractivity contribution in [1.82, 2.24) is 25.4 Å². The standard InChI is InChI=1S/C53H49N7O7S5/c1-34-57-58-50(72-34)70-33-71-52(47(63)65-43(35-20-10-5-11-21-35)36-22-12-6-13-23-36)31-60-45(62)42(46(60)69-32-52)55-44(61)41(40-30-68-48(54-40)56-49(64)66-51(2,3)4)59-67-53(37-24-14-7-15-25-37,38-26-16-8-17-27-38)39-28-18-9-19-29-39/h5-30,42-43,46H,31-33H2,1-4H3,(H,55,61)(H,54,56,64)/t42?,46-,52?/m1/s1. The molecule has 5 aromatic carbocycles. The zero-order chi connectivity index (χ0) is 50.3. The Morgan fingerprint density at radius 3 is 1.90 bits per heavy atom. The predicted octanol–water partition coefficient (Wildman–Crippen LogP) is 10.3. The summed E-state index contributed by atoms with van der Waals surface area (Å²) in [5, 5.41) is 21.1. The maximum atomic E-state index is 14.9. The van der Waals surface area contributed by atoms with Crippen LogP contribution in [0.5, 0.6) is 0 Å². The molecule has 3 atom stereocenters. The lowest BCUT2D eigenvalue weighted by Crippen LogP contribution is -2.75. The number of aryl methyl sites for hydroxylation is 1. The second kappa shape index (κ2) is 22.1. The van der Waals surface area contributed by atoms with Gasteiger partial charge in [0, 0.05) is 39.5 Å². The van der Waals surface area contributed by atoms with E-state index in [2.05, 4.69) is 31.0 Å². The summed E-state index contributed by atoms with van der Waals surface area (Å²) in [5.74, 6) is -1.32. The van der Waals surface area contributed by atoms with Crippen LogP contribution in [-0.2, 0) is 34.3 Å². The smallest absolute Gasteiger partial charge is 0.413 e. The number of carbonyl (C=O) groups excluding carboxylic acids is 4. The third-order valence-corrected chi connectivity index (χ3v) is 17.5. The number of nitrogens with one attached hydrogen (secondary N) is 2. The van der Waals surface area contributed by atoms with Gasteiger partial charge in [-0.1, -0.05) is 180 Å². The minimum absolute atomic E-state index is 0.0367. The molecule has 0 aliphatic carbocycles. The van der Waals surface area contributed by atoms with Crippen LogP contribution in [0.25, 0.3) is 0 Å². The molecule has 72 heavy (non-hydrogen) atoms. The minimum Gasteiger partial charge on any atom is -0.451 e. The summed E-state index contributed by atoms with van der Waals surface area (Å²) in [6.07, 6.45) is -1.43. The van der Waals surface area contributed by atoms with Crippen molar-refractivity contribution in [3.05, 3.63) is 196 Å². The summed E-state index contributed by atoms with van der Waals surface area (Å²) >= 11 is 6.80. The number of benzene rings is 5. The first kappa shape index (κ1) is 50.4. The van der Waals surface area contributed by atoms with E-state index in [1.54, 1.807) is 31.1 Å². The Kier molecular flexibility index (Phi) is 15.5. The van der Waals surface area contributed by atoms with E-state index in [-0.39, 0.29) is 34.7 Å². The van der Waals surface area contributed by atoms with E-state index in [0.717, 1.165) is 48.5 Å². The number of nitrogens with zero attached hydrogens (tertiary/aromatic N) is 5. The molecule has 2 aliphatic rings. The number of fused-ring (bicyclic) bond motifs is 1. The van der Waals surface area contributed by atoms with E-state index in [1.807, 2.05) is 159 Å². The van der Waals surface area contributed by atoms with Crippen molar-refractivity contribution in [2.45, 2.75) is 65.5 Å². The van der Waals surface area contributed by atoms with E-state index in [4.69, 9.17) is 14.3 Å². The van der Waals surface area contributed by atoms with E-state index in [0.29, 0.717) is 5.08 Å². The summed E-state index contributed by atoms with van der Waals surface area (Å²) in [5.41, 5.74) is 1.51. The Hall–Kier alpha value is -6.51. The number of thiazole rings is 1. The highest BCUT2D eigenvalue weighted by atomic mass is 32.2. The molecule has 0 saturated carbocycles. The molecular formula is C53H49N7O7S5. The summed E-state index contributed by atoms with van der Waals surface area (Å²) in [6.45, 7) is 7.17. The minimum atomic E-state index is -1.37. The zero-order valence-corrected chi connectivity index (χ0v) is 43.6. The van der Waals surface area contributed by atoms with E-state index >= 15 is 0 Å². The van der Waals surface area contributed by atoms with Crippen molar-refractivity contribution in [2.75, 3.05) is 22.7 Å². The summed E-state index contributed by atoms with van der Waals surface area (Å²) < 4.78 is 11.5. The molecule has 2 N–H and O–H groups in total. The number of esters is 1. The molecule has 368 valence electrons.